The van der Waals surface area contributed by atoms with Crippen molar-refractivity contribution in [3.8, 4) is 11.1 Å². The van der Waals surface area contributed by atoms with Gasteiger partial charge in [-0.2, -0.15) is 0 Å². The summed E-state index contributed by atoms with van der Waals surface area (Å²) in [5, 5.41) is 0. The van der Waals surface area contributed by atoms with E-state index in [0.717, 1.165) is 23.1 Å². The minimum absolute atomic E-state index is 0.171. The number of benzene rings is 2. The van der Waals surface area contributed by atoms with Gasteiger partial charge in [-0.1, -0.05) is 36.4 Å². The van der Waals surface area contributed by atoms with Crippen LogP contribution >= 0.6 is 0 Å². The monoisotopic (exact) mass is 229 g/mol. The number of hydrogen-bond donors (Lipinski definition) is 1. The molecule has 0 atom stereocenters. The molecule has 0 unspecified atom stereocenters. The zero-order valence-electron chi connectivity index (χ0n) is 9.91. The lowest BCUT2D eigenvalue weighted by molar-refractivity contribution is 0.630. The Morgan fingerprint density at radius 2 is 1.94 bits per heavy atom. The fourth-order valence-electron chi connectivity index (χ4n) is 1.92. The van der Waals surface area contributed by atoms with Gasteiger partial charge in [0.25, 0.3) is 0 Å². The number of hydrogen-bond acceptors (Lipinski definition) is 1. The summed E-state index contributed by atoms with van der Waals surface area (Å²) in [6.07, 6.45) is 0.821. The molecule has 0 spiro atoms. The zero-order chi connectivity index (χ0) is 12.3. The van der Waals surface area contributed by atoms with Gasteiger partial charge in [-0.05, 0) is 42.6 Å². The Kier molecular flexibility index (Phi) is 3.55. The second-order valence-corrected chi connectivity index (χ2v) is 4.22. The average molecular weight is 229 g/mol. The van der Waals surface area contributed by atoms with Gasteiger partial charge in [0.1, 0.15) is 5.82 Å². The molecular weight excluding hydrogens is 213 g/mol. The highest BCUT2D eigenvalue weighted by Gasteiger charge is 2.05. The number of rotatable bonds is 3. The first-order valence-corrected chi connectivity index (χ1v) is 5.76. The number of halogens is 1. The largest absolute Gasteiger partial charge is 0.330 e. The summed E-state index contributed by atoms with van der Waals surface area (Å²) in [7, 11) is 0. The molecule has 17 heavy (non-hydrogen) atoms. The molecule has 0 saturated carbocycles. The first-order chi connectivity index (χ1) is 8.20. The fraction of sp³-hybridized carbons (Fsp3) is 0.200. The molecule has 0 bridgehead atoms. The van der Waals surface area contributed by atoms with Gasteiger partial charge >= 0.3 is 0 Å². The van der Waals surface area contributed by atoms with E-state index in [1.54, 1.807) is 6.07 Å². The van der Waals surface area contributed by atoms with E-state index in [1.807, 2.05) is 43.3 Å². The van der Waals surface area contributed by atoms with E-state index in [4.69, 9.17) is 5.73 Å². The average Bonchev–Trinajstić information content (AvgIpc) is 2.29. The normalized spacial score (nSPS) is 10.5. The Hall–Kier alpha value is -1.67. The van der Waals surface area contributed by atoms with Crippen LogP contribution in [0.1, 0.15) is 11.1 Å². The van der Waals surface area contributed by atoms with Crippen LogP contribution in [0.4, 0.5) is 4.39 Å². The quantitative estimate of drug-likeness (QED) is 0.858. The van der Waals surface area contributed by atoms with Gasteiger partial charge in [-0.15, -0.1) is 0 Å². The predicted octanol–water partition coefficient (Wildman–Crippen LogP) is 3.30. The third-order valence-corrected chi connectivity index (χ3v) is 2.80. The lowest BCUT2D eigenvalue weighted by Crippen LogP contribution is -2.02. The van der Waals surface area contributed by atoms with Gasteiger partial charge in [0.15, 0.2) is 0 Å². The van der Waals surface area contributed by atoms with Gasteiger partial charge < -0.3 is 5.73 Å². The second-order valence-electron chi connectivity index (χ2n) is 4.22. The molecule has 0 amide bonds. The third-order valence-electron chi connectivity index (χ3n) is 2.80. The van der Waals surface area contributed by atoms with Crippen molar-refractivity contribution in [2.45, 2.75) is 13.3 Å². The highest BCUT2D eigenvalue weighted by atomic mass is 19.1. The van der Waals surface area contributed by atoms with Gasteiger partial charge in [0, 0.05) is 5.56 Å². The summed E-state index contributed by atoms with van der Waals surface area (Å²) in [5.41, 5.74) is 9.16. The molecule has 0 aliphatic heterocycles. The lowest BCUT2D eigenvalue weighted by Gasteiger charge is -2.06. The van der Waals surface area contributed by atoms with Crippen molar-refractivity contribution in [2.75, 3.05) is 6.54 Å². The van der Waals surface area contributed by atoms with E-state index < -0.39 is 0 Å². The van der Waals surface area contributed by atoms with Gasteiger partial charge in [0.05, 0.1) is 0 Å². The van der Waals surface area contributed by atoms with E-state index in [1.165, 1.54) is 0 Å². The molecule has 2 heteroatoms. The molecule has 0 radical (unpaired) electrons. The van der Waals surface area contributed by atoms with Crippen LogP contribution in [0.25, 0.3) is 11.1 Å². The van der Waals surface area contributed by atoms with Crippen LogP contribution < -0.4 is 5.73 Å². The third kappa shape index (κ3) is 2.71. The van der Waals surface area contributed by atoms with Gasteiger partial charge in [0.2, 0.25) is 0 Å². The standard InChI is InChI=1S/C15H16FN/c1-11-5-6-14(15(16)9-11)13-4-2-3-12(10-13)7-8-17/h2-6,9-10H,7-8,17H2,1H3. The second kappa shape index (κ2) is 5.11. The Bertz CT molecular complexity index is 520. The summed E-state index contributed by atoms with van der Waals surface area (Å²) >= 11 is 0. The van der Waals surface area contributed by atoms with E-state index in [-0.39, 0.29) is 5.82 Å². The Morgan fingerprint density at radius 3 is 2.65 bits per heavy atom. The molecular formula is C15H16FN. The Balaban J connectivity index is 2.42. The van der Waals surface area contributed by atoms with Crippen molar-refractivity contribution >= 4 is 0 Å². The molecule has 2 aromatic rings. The molecule has 0 aliphatic rings. The van der Waals surface area contributed by atoms with Crippen LogP contribution in [0.3, 0.4) is 0 Å². The van der Waals surface area contributed by atoms with Crippen LogP contribution in [-0.2, 0) is 6.42 Å². The molecule has 2 N–H and O–H groups in total. The highest BCUT2D eigenvalue weighted by Crippen LogP contribution is 2.24. The summed E-state index contributed by atoms with van der Waals surface area (Å²) < 4.78 is 13.8. The molecule has 0 saturated heterocycles. The lowest BCUT2D eigenvalue weighted by atomic mass is 10.0. The number of nitrogens with two attached hydrogens (primary N) is 1. The molecule has 88 valence electrons. The van der Waals surface area contributed by atoms with E-state index in [9.17, 15) is 4.39 Å². The SMILES string of the molecule is Cc1ccc(-c2cccc(CCN)c2)c(F)c1. The molecule has 0 aromatic heterocycles. The molecule has 2 aromatic carbocycles. The van der Waals surface area contributed by atoms with Crippen molar-refractivity contribution in [1.82, 2.24) is 0 Å². The van der Waals surface area contributed by atoms with Gasteiger partial charge in [-0.25, -0.2) is 4.39 Å². The molecule has 1 nitrogen and oxygen atoms in total. The van der Waals surface area contributed by atoms with Crippen LogP contribution in [0.15, 0.2) is 42.5 Å². The summed E-state index contributed by atoms with van der Waals surface area (Å²) in [4.78, 5) is 0. The summed E-state index contributed by atoms with van der Waals surface area (Å²) in [5.74, 6) is -0.171. The van der Waals surface area contributed by atoms with Crippen LogP contribution in [0.5, 0.6) is 0 Å². The first kappa shape index (κ1) is 11.8. The van der Waals surface area contributed by atoms with Gasteiger partial charge in [-0.3, -0.25) is 0 Å². The zero-order valence-corrected chi connectivity index (χ0v) is 9.91. The first-order valence-electron chi connectivity index (χ1n) is 5.76. The molecule has 0 heterocycles. The van der Waals surface area contributed by atoms with Crippen molar-refractivity contribution in [2.24, 2.45) is 5.73 Å². The minimum Gasteiger partial charge on any atom is -0.330 e. The van der Waals surface area contributed by atoms with Crippen LogP contribution in [-0.4, -0.2) is 6.54 Å². The van der Waals surface area contributed by atoms with E-state index >= 15 is 0 Å². The molecule has 2 rings (SSSR count). The predicted molar refractivity (Wildman–Crippen MR) is 69.3 cm³/mol. The minimum atomic E-state index is -0.171. The summed E-state index contributed by atoms with van der Waals surface area (Å²) in [6, 6.07) is 13.2. The summed E-state index contributed by atoms with van der Waals surface area (Å²) in [6.45, 7) is 2.50. The Labute approximate surface area is 101 Å². The topological polar surface area (TPSA) is 26.0 Å². The molecule has 0 aliphatic carbocycles. The smallest absolute Gasteiger partial charge is 0.131 e. The van der Waals surface area contributed by atoms with Crippen molar-refractivity contribution < 1.29 is 4.39 Å². The maximum atomic E-state index is 13.8. The maximum Gasteiger partial charge on any atom is 0.131 e. The Morgan fingerprint density at radius 1 is 1.12 bits per heavy atom. The maximum absolute atomic E-state index is 13.8. The van der Waals surface area contributed by atoms with E-state index in [2.05, 4.69) is 0 Å². The number of aryl methyl sites for hydroxylation is 1. The van der Waals surface area contributed by atoms with Crippen molar-refractivity contribution in [3.63, 3.8) is 0 Å². The van der Waals surface area contributed by atoms with E-state index in [0.29, 0.717) is 12.1 Å². The van der Waals surface area contributed by atoms with Crippen molar-refractivity contribution in [1.29, 1.82) is 0 Å². The molecule has 0 fully saturated rings. The van der Waals surface area contributed by atoms with Crippen LogP contribution in [0, 0.1) is 12.7 Å². The fourth-order valence-corrected chi connectivity index (χ4v) is 1.92. The van der Waals surface area contributed by atoms with Crippen molar-refractivity contribution in [3.05, 3.63) is 59.4 Å². The highest BCUT2D eigenvalue weighted by molar-refractivity contribution is 5.65. The van der Waals surface area contributed by atoms with Crippen LogP contribution in [0.2, 0.25) is 0 Å².